The number of hydrogen-bond donors (Lipinski definition) is 0. The van der Waals surface area contributed by atoms with Crippen LogP contribution >= 0.6 is 0 Å². The van der Waals surface area contributed by atoms with E-state index in [9.17, 15) is 14.4 Å². The van der Waals surface area contributed by atoms with Crippen LogP contribution in [0.5, 0.6) is 0 Å². The first kappa shape index (κ1) is 23.5. The van der Waals surface area contributed by atoms with E-state index < -0.39 is 23.5 Å². The van der Waals surface area contributed by atoms with E-state index in [0.717, 1.165) is 23.1 Å². The second kappa shape index (κ2) is 9.98. The highest BCUT2D eigenvalue weighted by Gasteiger charge is 2.32. The topological polar surface area (TPSA) is 72.9 Å². The van der Waals surface area contributed by atoms with E-state index in [1.165, 1.54) is 7.11 Å². The van der Waals surface area contributed by atoms with Crippen molar-refractivity contribution in [3.63, 3.8) is 0 Å². The molecule has 0 spiro atoms. The minimum absolute atomic E-state index is 0.00722. The highest BCUT2D eigenvalue weighted by Crippen LogP contribution is 2.27. The normalized spacial score (nSPS) is 16.2. The molecule has 3 rings (SSSR count). The maximum absolute atomic E-state index is 13.3. The van der Waals surface area contributed by atoms with Gasteiger partial charge in [-0.15, -0.1) is 0 Å². The van der Waals surface area contributed by atoms with Crippen molar-refractivity contribution >= 4 is 17.8 Å². The molecule has 1 heterocycles. The monoisotopic (exact) mass is 437 g/mol. The zero-order valence-electron chi connectivity index (χ0n) is 19.2. The van der Waals surface area contributed by atoms with E-state index in [-0.39, 0.29) is 12.3 Å². The average molecular weight is 438 g/mol. The van der Waals surface area contributed by atoms with Gasteiger partial charge in [-0.25, -0.2) is 4.79 Å². The van der Waals surface area contributed by atoms with Crippen molar-refractivity contribution in [2.24, 2.45) is 5.92 Å². The zero-order chi connectivity index (χ0) is 23.3. The fraction of sp³-hybridized carbons (Fsp3) is 0.423. The molecule has 170 valence electrons. The lowest BCUT2D eigenvalue weighted by molar-refractivity contribution is -0.146. The molecular formula is C26H31NO5. The summed E-state index contributed by atoms with van der Waals surface area (Å²) in [7, 11) is 1.32. The van der Waals surface area contributed by atoms with Gasteiger partial charge in [0.15, 0.2) is 0 Å². The molecule has 2 aromatic carbocycles. The van der Waals surface area contributed by atoms with E-state index in [2.05, 4.69) is 0 Å². The molecule has 1 amide bonds. The lowest BCUT2D eigenvalue weighted by Crippen LogP contribution is -2.37. The summed E-state index contributed by atoms with van der Waals surface area (Å²) >= 11 is 0. The van der Waals surface area contributed by atoms with Gasteiger partial charge in [-0.05, 0) is 62.4 Å². The summed E-state index contributed by atoms with van der Waals surface area (Å²) < 4.78 is 10.3. The molecule has 0 radical (unpaired) electrons. The van der Waals surface area contributed by atoms with Crippen molar-refractivity contribution in [2.75, 3.05) is 13.7 Å². The van der Waals surface area contributed by atoms with E-state index in [1.54, 1.807) is 17.0 Å². The number of fused-ring (bicyclic) bond motifs is 1. The fourth-order valence-electron chi connectivity index (χ4n) is 3.87. The van der Waals surface area contributed by atoms with Gasteiger partial charge in [0.2, 0.25) is 5.91 Å². The molecular weight excluding hydrogens is 406 g/mol. The first-order chi connectivity index (χ1) is 15.2. The number of carbonyl (C=O) groups excluding carboxylic acids is 3. The molecule has 0 aromatic heterocycles. The molecule has 0 unspecified atom stereocenters. The maximum Gasteiger partial charge on any atom is 0.338 e. The molecule has 1 atom stereocenters. The van der Waals surface area contributed by atoms with Crippen LogP contribution in [-0.4, -0.2) is 42.0 Å². The molecule has 0 N–H and O–H groups in total. The molecule has 0 bridgehead atoms. The molecule has 6 heteroatoms. The third-order valence-electron chi connectivity index (χ3n) is 5.48. The van der Waals surface area contributed by atoms with Crippen LogP contribution in [0.2, 0.25) is 0 Å². The highest BCUT2D eigenvalue weighted by atomic mass is 16.6. The minimum Gasteiger partial charge on any atom is -0.469 e. The Morgan fingerprint density at radius 2 is 1.78 bits per heavy atom. The van der Waals surface area contributed by atoms with Crippen molar-refractivity contribution in [1.82, 2.24) is 4.90 Å². The number of ether oxygens (including phenoxy) is 2. The van der Waals surface area contributed by atoms with Gasteiger partial charge in [-0.3, -0.25) is 9.59 Å². The SMILES string of the molecule is COC(=O)C[C@@H]1Cc2cc(C(=O)OC(C)(C)C)ccc2CN(CCc2ccccc2)C1=O. The molecule has 32 heavy (non-hydrogen) atoms. The second-order valence-corrected chi connectivity index (χ2v) is 9.16. The number of carbonyl (C=O) groups is 3. The molecule has 0 fully saturated rings. The number of methoxy groups -OCH3 is 1. The predicted octanol–water partition coefficient (Wildman–Crippen LogP) is 3.95. The predicted molar refractivity (Wildman–Crippen MR) is 121 cm³/mol. The van der Waals surface area contributed by atoms with Crippen molar-refractivity contribution < 1.29 is 23.9 Å². The summed E-state index contributed by atoms with van der Waals surface area (Å²) in [4.78, 5) is 39.7. The Labute approximate surface area is 189 Å². The van der Waals surface area contributed by atoms with Crippen molar-refractivity contribution in [2.45, 2.75) is 52.2 Å². The van der Waals surface area contributed by atoms with Gasteiger partial charge in [-0.1, -0.05) is 36.4 Å². The Morgan fingerprint density at radius 3 is 2.44 bits per heavy atom. The van der Waals surface area contributed by atoms with E-state index >= 15 is 0 Å². The molecule has 1 aliphatic rings. The van der Waals surface area contributed by atoms with E-state index in [0.29, 0.717) is 25.1 Å². The molecule has 0 saturated heterocycles. The molecule has 0 saturated carbocycles. The molecule has 1 aliphatic heterocycles. The highest BCUT2D eigenvalue weighted by molar-refractivity contribution is 5.90. The molecule has 6 nitrogen and oxygen atoms in total. The van der Waals surface area contributed by atoms with Crippen LogP contribution in [0.25, 0.3) is 0 Å². The van der Waals surface area contributed by atoms with E-state index in [4.69, 9.17) is 9.47 Å². The lowest BCUT2D eigenvalue weighted by atomic mass is 9.93. The van der Waals surface area contributed by atoms with Gasteiger partial charge in [0, 0.05) is 13.1 Å². The van der Waals surface area contributed by atoms with Gasteiger partial charge in [0.05, 0.1) is 25.0 Å². The van der Waals surface area contributed by atoms with Gasteiger partial charge in [0.1, 0.15) is 5.60 Å². The number of amides is 1. The number of hydrogen-bond acceptors (Lipinski definition) is 5. The van der Waals surface area contributed by atoms with Crippen LogP contribution in [0.1, 0.15) is 54.2 Å². The summed E-state index contributed by atoms with van der Waals surface area (Å²) in [6, 6.07) is 15.4. The van der Waals surface area contributed by atoms with Crippen molar-refractivity contribution in [3.8, 4) is 0 Å². The van der Waals surface area contributed by atoms with Crippen LogP contribution in [0, 0.1) is 5.92 Å². The molecule has 2 aromatic rings. The number of esters is 2. The van der Waals surface area contributed by atoms with Crippen molar-refractivity contribution in [3.05, 3.63) is 70.8 Å². The summed E-state index contributed by atoms with van der Waals surface area (Å²) in [6.07, 6.45) is 1.11. The third kappa shape index (κ3) is 6.19. The fourth-order valence-corrected chi connectivity index (χ4v) is 3.87. The summed E-state index contributed by atoms with van der Waals surface area (Å²) in [5, 5.41) is 0. The average Bonchev–Trinajstić information content (AvgIpc) is 2.87. The van der Waals surface area contributed by atoms with Crippen LogP contribution in [0.15, 0.2) is 48.5 Å². The smallest absolute Gasteiger partial charge is 0.338 e. The maximum atomic E-state index is 13.3. The Kier molecular flexibility index (Phi) is 7.33. The number of rotatable bonds is 6. The Hall–Kier alpha value is -3.15. The quantitative estimate of drug-likeness (QED) is 0.640. The minimum atomic E-state index is -0.596. The van der Waals surface area contributed by atoms with Crippen LogP contribution in [-0.2, 0) is 38.4 Å². The van der Waals surface area contributed by atoms with Gasteiger partial charge in [0.25, 0.3) is 0 Å². The third-order valence-corrected chi connectivity index (χ3v) is 5.48. The molecule has 0 aliphatic carbocycles. The standard InChI is InChI=1S/C26H31NO5/c1-26(2,3)32-25(30)19-10-11-20-17-27(13-12-18-8-6-5-7-9-18)24(29)22(15-21(20)14-19)16-23(28)31-4/h5-11,14,22H,12-13,15-17H2,1-4H3/t22-/m0/s1. The summed E-state index contributed by atoms with van der Waals surface area (Å²) in [5.41, 5.74) is 2.86. The van der Waals surface area contributed by atoms with Crippen molar-refractivity contribution in [1.29, 1.82) is 0 Å². The summed E-state index contributed by atoms with van der Waals surface area (Å²) in [5.74, 6) is -1.42. The van der Waals surface area contributed by atoms with E-state index in [1.807, 2.05) is 57.2 Å². The van der Waals surface area contributed by atoms with Crippen LogP contribution in [0.4, 0.5) is 0 Å². The lowest BCUT2D eigenvalue weighted by Gasteiger charge is -2.24. The Morgan fingerprint density at radius 1 is 1.06 bits per heavy atom. The number of nitrogens with zero attached hydrogens (tertiary/aromatic N) is 1. The van der Waals surface area contributed by atoms with Gasteiger partial charge in [-0.2, -0.15) is 0 Å². The summed E-state index contributed by atoms with van der Waals surface area (Å²) in [6.45, 7) is 6.46. The van der Waals surface area contributed by atoms with Crippen LogP contribution < -0.4 is 0 Å². The Balaban J connectivity index is 1.87. The first-order valence-electron chi connectivity index (χ1n) is 10.9. The zero-order valence-corrected chi connectivity index (χ0v) is 19.2. The van der Waals surface area contributed by atoms with Crippen LogP contribution in [0.3, 0.4) is 0 Å². The first-order valence-corrected chi connectivity index (χ1v) is 10.9. The number of benzene rings is 2. The van der Waals surface area contributed by atoms with Gasteiger partial charge >= 0.3 is 11.9 Å². The Bertz CT molecular complexity index is 977. The largest absolute Gasteiger partial charge is 0.469 e. The van der Waals surface area contributed by atoms with Gasteiger partial charge < -0.3 is 14.4 Å². The second-order valence-electron chi connectivity index (χ2n) is 9.16.